The van der Waals surface area contributed by atoms with E-state index in [2.05, 4.69) is 11.4 Å². The lowest BCUT2D eigenvalue weighted by Gasteiger charge is -2.07. The third kappa shape index (κ3) is 3.02. The van der Waals surface area contributed by atoms with Crippen LogP contribution in [-0.4, -0.2) is 7.11 Å². The summed E-state index contributed by atoms with van der Waals surface area (Å²) in [6.45, 7) is 0.696. The Morgan fingerprint density at radius 1 is 1.17 bits per heavy atom. The molecule has 90 valence electrons. The van der Waals surface area contributed by atoms with Gasteiger partial charge in [0.1, 0.15) is 5.75 Å². The number of hydrogen-bond donors (Lipinski definition) is 1. The van der Waals surface area contributed by atoms with E-state index in [1.54, 1.807) is 13.2 Å². The zero-order valence-corrected chi connectivity index (χ0v) is 10.2. The molecular weight excluding hydrogens is 224 g/mol. The number of nitriles is 1. The SMILES string of the molecule is COc1ccc(NCc2cccc(C#N)c2)cc1. The number of hydrogen-bond acceptors (Lipinski definition) is 3. The molecule has 1 N–H and O–H groups in total. The van der Waals surface area contributed by atoms with Crippen molar-refractivity contribution in [2.45, 2.75) is 6.54 Å². The summed E-state index contributed by atoms with van der Waals surface area (Å²) in [6, 6.07) is 17.5. The molecule has 3 nitrogen and oxygen atoms in total. The summed E-state index contributed by atoms with van der Waals surface area (Å²) in [7, 11) is 1.65. The highest BCUT2D eigenvalue weighted by Crippen LogP contribution is 2.16. The molecule has 0 fully saturated rings. The second kappa shape index (κ2) is 5.74. The minimum Gasteiger partial charge on any atom is -0.497 e. The number of anilines is 1. The Balaban J connectivity index is 2.00. The van der Waals surface area contributed by atoms with Gasteiger partial charge in [-0.3, -0.25) is 0 Å². The predicted octanol–water partition coefficient (Wildman–Crippen LogP) is 3.18. The Morgan fingerprint density at radius 2 is 1.94 bits per heavy atom. The maximum absolute atomic E-state index is 8.82. The number of rotatable bonds is 4. The van der Waals surface area contributed by atoms with E-state index in [-0.39, 0.29) is 0 Å². The molecule has 0 aromatic heterocycles. The van der Waals surface area contributed by atoms with Crippen LogP contribution >= 0.6 is 0 Å². The Morgan fingerprint density at radius 3 is 2.61 bits per heavy atom. The van der Waals surface area contributed by atoms with Crippen molar-refractivity contribution in [2.24, 2.45) is 0 Å². The van der Waals surface area contributed by atoms with Crippen LogP contribution in [0.1, 0.15) is 11.1 Å². The molecule has 2 aromatic rings. The highest BCUT2D eigenvalue weighted by molar-refractivity contribution is 5.47. The molecule has 0 heterocycles. The molecule has 0 aliphatic heterocycles. The zero-order valence-electron chi connectivity index (χ0n) is 10.2. The van der Waals surface area contributed by atoms with Crippen molar-refractivity contribution in [1.29, 1.82) is 5.26 Å². The summed E-state index contributed by atoms with van der Waals surface area (Å²) in [5.74, 6) is 0.840. The second-order valence-corrected chi connectivity index (χ2v) is 3.89. The van der Waals surface area contributed by atoms with Gasteiger partial charge in [-0.15, -0.1) is 0 Å². The van der Waals surface area contributed by atoms with Gasteiger partial charge >= 0.3 is 0 Å². The van der Waals surface area contributed by atoms with Gasteiger partial charge < -0.3 is 10.1 Å². The molecule has 0 radical (unpaired) electrons. The fourth-order valence-electron chi connectivity index (χ4n) is 1.66. The molecule has 18 heavy (non-hydrogen) atoms. The van der Waals surface area contributed by atoms with Crippen molar-refractivity contribution in [2.75, 3.05) is 12.4 Å². The molecule has 0 amide bonds. The van der Waals surface area contributed by atoms with E-state index >= 15 is 0 Å². The maximum Gasteiger partial charge on any atom is 0.119 e. The van der Waals surface area contributed by atoms with E-state index < -0.39 is 0 Å². The second-order valence-electron chi connectivity index (χ2n) is 3.89. The average molecular weight is 238 g/mol. The van der Waals surface area contributed by atoms with Crippen molar-refractivity contribution in [3.8, 4) is 11.8 Å². The van der Waals surface area contributed by atoms with E-state index in [9.17, 15) is 0 Å². The minimum atomic E-state index is 0.684. The highest BCUT2D eigenvalue weighted by atomic mass is 16.5. The van der Waals surface area contributed by atoms with Gasteiger partial charge in [0.05, 0.1) is 18.7 Å². The molecule has 0 spiro atoms. The lowest BCUT2D eigenvalue weighted by molar-refractivity contribution is 0.415. The van der Waals surface area contributed by atoms with Crippen LogP contribution in [0.5, 0.6) is 5.75 Å². The smallest absolute Gasteiger partial charge is 0.119 e. The first-order chi connectivity index (χ1) is 8.81. The van der Waals surface area contributed by atoms with Crippen LogP contribution in [0.15, 0.2) is 48.5 Å². The van der Waals surface area contributed by atoms with Gasteiger partial charge in [-0.2, -0.15) is 5.26 Å². The van der Waals surface area contributed by atoms with Crippen LogP contribution in [0.2, 0.25) is 0 Å². The van der Waals surface area contributed by atoms with E-state index in [4.69, 9.17) is 10.00 Å². The molecule has 3 heteroatoms. The Hall–Kier alpha value is -2.47. The number of ether oxygens (including phenoxy) is 1. The van der Waals surface area contributed by atoms with Gasteiger partial charge in [-0.1, -0.05) is 12.1 Å². The zero-order chi connectivity index (χ0) is 12.8. The van der Waals surface area contributed by atoms with Crippen molar-refractivity contribution in [3.05, 3.63) is 59.7 Å². The molecular formula is C15H14N2O. The third-order valence-electron chi connectivity index (χ3n) is 2.64. The van der Waals surface area contributed by atoms with Crippen LogP contribution in [-0.2, 0) is 6.54 Å². The van der Waals surface area contributed by atoms with E-state index in [0.717, 1.165) is 17.0 Å². The molecule has 0 aliphatic carbocycles. The van der Waals surface area contributed by atoms with Crippen LogP contribution < -0.4 is 10.1 Å². The summed E-state index contributed by atoms with van der Waals surface area (Å²) in [6.07, 6.45) is 0. The first kappa shape index (κ1) is 12.0. The first-order valence-corrected chi connectivity index (χ1v) is 5.69. The van der Waals surface area contributed by atoms with Crippen molar-refractivity contribution in [3.63, 3.8) is 0 Å². The van der Waals surface area contributed by atoms with Crippen molar-refractivity contribution in [1.82, 2.24) is 0 Å². The quantitative estimate of drug-likeness (QED) is 0.889. The molecule has 2 aromatic carbocycles. The molecule has 0 unspecified atom stereocenters. The van der Waals surface area contributed by atoms with Crippen LogP contribution in [0.25, 0.3) is 0 Å². The maximum atomic E-state index is 8.82. The fourth-order valence-corrected chi connectivity index (χ4v) is 1.66. The average Bonchev–Trinajstić information content (AvgIpc) is 2.46. The van der Waals surface area contributed by atoms with Crippen LogP contribution in [0.3, 0.4) is 0 Å². The molecule has 0 atom stereocenters. The highest BCUT2D eigenvalue weighted by Gasteiger charge is 1.97. The molecule has 0 saturated heterocycles. The van der Waals surface area contributed by atoms with Crippen LogP contribution in [0.4, 0.5) is 5.69 Å². The Labute approximate surface area is 107 Å². The third-order valence-corrected chi connectivity index (χ3v) is 2.64. The number of nitrogens with one attached hydrogen (secondary N) is 1. The summed E-state index contributed by atoms with van der Waals surface area (Å²) in [5, 5.41) is 12.1. The molecule has 0 saturated carbocycles. The summed E-state index contributed by atoms with van der Waals surface area (Å²) >= 11 is 0. The topological polar surface area (TPSA) is 45.0 Å². The Bertz CT molecular complexity index is 555. The minimum absolute atomic E-state index is 0.684. The van der Waals surface area contributed by atoms with Crippen molar-refractivity contribution >= 4 is 5.69 Å². The van der Waals surface area contributed by atoms with E-state index in [1.807, 2.05) is 42.5 Å². The standard InChI is InChI=1S/C15H14N2O/c1-18-15-7-5-14(6-8-15)17-11-13-4-2-3-12(9-13)10-16/h2-9,17H,11H2,1H3. The number of methoxy groups -OCH3 is 1. The van der Waals surface area contributed by atoms with E-state index in [1.165, 1.54) is 0 Å². The summed E-state index contributed by atoms with van der Waals surface area (Å²) in [5.41, 5.74) is 2.80. The fraction of sp³-hybridized carbons (Fsp3) is 0.133. The largest absolute Gasteiger partial charge is 0.497 e. The monoisotopic (exact) mass is 238 g/mol. The molecule has 0 bridgehead atoms. The van der Waals surface area contributed by atoms with Crippen LogP contribution in [0, 0.1) is 11.3 Å². The number of nitrogens with zero attached hydrogens (tertiary/aromatic N) is 1. The van der Waals surface area contributed by atoms with Gasteiger partial charge in [0.15, 0.2) is 0 Å². The first-order valence-electron chi connectivity index (χ1n) is 5.69. The molecule has 2 rings (SSSR count). The lowest BCUT2D eigenvalue weighted by atomic mass is 10.1. The van der Waals surface area contributed by atoms with Gasteiger partial charge in [-0.25, -0.2) is 0 Å². The normalized spacial score (nSPS) is 9.56. The molecule has 0 aliphatic rings. The van der Waals surface area contributed by atoms with E-state index in [0.29, 0.717) is 12.1 Å². The van der Waals surface area contributed by atoms with Crippen molar-refractivity contribution < 1.29 is 4.74 Å². The number of benzene rings is 2. The van der Waals surface area contributed by atoms with Gasteiger partial charge in [0, 0.05) is 12.2 Å². The lowest BCUT2D eigenvalue weighted by Crippen LogP contribution is -1.99. The summed E-state index contributed by atoms with van der Waals surface area (Å²) in [4.78, 5) is 0. The Kier molecular flexibility index (Phi) is 3.83. The van der Waals surface area contributed by atoms with Gasteiger partial charge in [0.2, 0.25) is 0 Å². The van der Waals surface area contributed by atoms with Gasteiger partial charge in [-0.05, 0) is 42.0 Å². The predicted molar refractivity (Wildman–Crippen MR) is 71.5 cm³/mol. The summed E-state index contributed by atoms with van der Waals surface area (Å²) < 4.78 is 5.10. The van der Waals surface area contributed by atoms with Gasteiger partial charge in [0.25, 0.3) is 0 Å².